The summed E-state index contributed by atoms with van der Waals surface area (Å²) in [5.74, 6) is -0.636. The van der Waals surface area contributed by atoms with E-state index < -0.39 is 11.9 Å². The number of halogens is 2. The molecule has 1 aromatic carbocycles. The van der Waals surface area contributed by atoms with Gasteiger partial charge < -0.3 is 10.0 Å². The van der Waals surface area contributed by atoms with Crippen molar-refractivity contribution in [3.63, 3.8) is 0 Å². The molecule has 0 saturated carbocycles. The van der Waals surface area contributed by atoms with Crippen LogP contribution in [-0.2, 0) is 4.79 Å². The summed E-state index contributed by atoms with van der Waals surface area (Å²) < 4.78 is 13.0. The van der Waals surface area contributed by atoms with Crippen molar-refractivity contribution in [3.05, 3.63) is 40.7 Å². The van der Waals surface area contributed by atoms with Gasteiger partial charge in [-0.25, -0.2) is 4.39 Å². The minimum absolute atomic E-state index is 0.0305. The van der Waals surface area contributed by atoms with Crippen LogP contribution in [0.2, 0.25) is 5.02 Å². The first kappa shape index (κ1) is 14.0. The molecule has 1 unspecified atom stereocenters. The lowest BCUT2D eigenvalue weighted by Crippen LogP contribution is -2.41. The highest BCUT2D eigenvalue weighted by molar-refractivity contribution is 6.30. The van der Waals surface area contributed by atoms with Gasteiger partial charge in [0.25, 0.3) is 0 Å². The Hall–Kier alpha value is -1.39. The zero-order chi connectivity index (χ0) is 13.8. The molecule has 1 heterocycles. The van der Waals surface area contributed by atoms with Crippen molar-refractivity contribution in [1.82, 2.24) is 4.90 Å². The van der Waals surface area contributed by atoms with Crippen LogP contribution in [0.5, 0.6) is 0 Å². The predicted molar refractivity (Wildman–Crippen MR) is 72.3 cm³/mol. The quantitative estimate of drug-likeness (QED) is 0.847. The Bertz CT molecular complexity index is 504. The number of carbonyl (C=O) groups is 1. The molecule has 102 valence electrons. The third-order valence-electron chi connectivity index (χ3n) is 3.07. The largest absolute Gasteiger partial charge is 0.391 e. The molecule has 0 spiro atoms. The van der Waals surface area contributed by atoms with E-state index in [0.717, 1.165) is 12.8 Å². The number of rotatable bonds is 2. The third-order valence-corrected chi connectivity index (χ3v) is 3.36. The number of hydrogen-bond acceptors (Lipinski definition) is 2. The number of aliphatic hydroxyl groups excluding tert-OH is 1. The van der Waals surface area contributed by atoms with Gasteiger partial charge in [-0.05, 0) is 36.6 Å². The van der Waals surface area contributed by atoms with Crippen LogP contribution in [0.25, 0.3) is 6.08 Å². The number of piperidine rings is 1. The number of carbonyl (C=O) groups excluding carboxylic acids is 1. The number of likely N-dealkylation sites (tertiary alicyclic amines) is 1. The Kier molecular flexibility index (Phi) is 4.56. The highest BCUT2D eigenvalue weighted by Gasteiger charge is 2.20. The Labute approximate surface area is 116 Å². The monoisotopic (exact) mass is 283 g/mol. The summed E-state index contributed by atoms with van der Waals surface area (Å²) in [6, 6.07) is 4.28. The Balaban J connectivity index is 2.01. The van der Waals surface area contributed by atoms with E-state index in [4.69, 9.17) is 11.6 Å². The SMILES string of the molecule is O=C(/C=C/c1ccc(F)c(Cl)c1)N1CCCC(O)C1. The molecule has 0 bridgehead atoms. The molecule has 1 saturated heterocycles. The molecule has 3 nitrogen and oxygen atoms in total. The molecule has 0 aromatic heterocycles. The summed E-state index contributed by atoms with van der Waals surface area (Å²) >= 11 is 5.66. The van der Waals surface area contributed by atoms with Gasteiger partial charge in [0.2, 0.25) is 5.91 Å². The van der Waals surface area contributed by atoms with Crippen molar-refractivity contribution < 1.29 is 14.3 Å². The summed E-state index contributed by atoms with van der Waals surface area (Å²) in [5.41, 5.74) is 0.664. The molecule has 1 fully saturated rings. The van der Waals surface area contributed by atoms with Crippen molar-refractivity contribution in [3.8, 4) is 0 Å². The van der Waals surface area contributed by atoms with E-state index in [0.29, 0.717) is 18.7 Å². The molecule has 1 aliphatic heterocycles. The van der Waals surface area contributed by atoms with Crippen molar-refractivity contribution in [2.45, 2.75) is 18.9 Å². The van der Waals surface area contributed by atoms with E-state index in [9.17, 15) is 14.3 Å². The molecule has 1 aliphatic rings. The summed E-state index contributed by atoms with van der Waals surface area (Å²) in [5, 5.41) is 9.53. The second-order valence-electron chi connectivity index (χ2n) is 4.59. The number of aliphatic hydroxyl groups is 1. The predicted octanol–water partition coefficient (Wildman–Crippen LogP) is 2.48. The van der Waals surface area contributed by atoms with Gasteiger partial charge in [-0.1, -0.05) is 17.7 Å². The van der Waals surface area contributed by atoms with Crippen LogP contribution in [0.1, 0.15) is 18.4 Å². The maximum atomic E-state index is 13.0. The number of β-amino-alcohol motifs (C(OH)–C–C–N with tert-alkyl or cyclic N) is 1. The van der Waals surface area contributed by atoms with E-state index in [1.165, 1.54) is 18.2 Å². The van der Waals surface area contributed by atoms with Gasteiger partial charge in [-0.3, -0.25) is 4.79 Å². The maximum Gasteiger partial charge on any atom is 0.246 e. The number of benzene rings is 1. The lowest BCUT2D eigenvalue weighted by molar-refractivity contribution is -0.128. The fraction of sp³-hybridized carbons (Fsp3) is 0.357. The first-order valence-corrected chi connectivity index (χ1v) is 6.54. The summed E-state index contributed by atoms with van der Waals surface area (Å²) in [4.78, 5) is 13.5. The molecule has 0 aliphatic carbocycles. The molecule has 1 aromatic rings. The summed E-state index contributed by atoms with van der Waals surface area (Å²) in [6.45, 7) is 1.03. The summed E-state index contributed by atoms with van der Waals surface area (Å²) in [7, 11) is 0. The Morgan fingerprint density at radius 2 is 2.32 bits per heavy atom. The van der Waals surface area contributed by atoms with E-state index in [-0.39, 0.29) is 10.9 Å². The van der Waals surface area contributed by atoms with Crippen LogP contribution in [0.15, 0.2) is 24.3 Å². The fourth-order valence-corrected chi connectivity index (χ4v) is 2.23. The van der Waals surface area contributed by atoms with Gasteiger partial charge in [-0.2, -0.15) is 0 Å². The van der Waals surface area contributed by atoms with Crippen molar-refractivity contribution >= 4 is 23.6 Å². The lowest BCUT2D eigenvalue weighted by Gasteiger charge is -2.29. The number of hydrogen-bond donors (Lipinski definition) is 1. The van der Waals surface area contributed by atoms with Crippen LogP contribution in [0.4, 0.5) is 4.39 Å². The maximum absolute atomic E-state index is 13.0. The van der Waals surface area contributed by atoms with Crippen molar-refractivity contribution in [2.24, 2.45) is 0 Å². The molecule has 19 heavy (non-hydrogen) atoms. The minimum Gasteiger partial charge on any atom is -0.391 e. The van der Waals surface area contributed by atoms with Crippen LogP contribution in [0.3, 0.4) is 0 Å². The normalized spacial score (nSPS) is 19.9. The zero-order valence-corrected chi connectivity index (χ0v) is 11.1. The van der Waals surface area contributed by atoms with Crippen molar-refractivity contribution in [1.29, 1.82) is 0 Å². The van der Waals surface area contributed by atoms with Crippen LogP contribution in [-0.4, -0.2) is 35.1 Å². The molecule has 1 amide bonds. The third kappa shape index (κ3) is 3.78. The van der Waals surface area contributed by atoms with Crippen LogP contribution in [0, 0.1) is 5.82 Å². The lowest BCUT2D eigenvalue weighted by atomic mass is 10.1. The molecule has 1 atom stereocenters. The van der Waals surface area contributed by atoms with E-state index in [2.05, 4.69) is 0 Å². The second-order valence-corrected chi connectivity index (χ2v) is 4.99. The Morgan fingerprint density at radius 3 is 3.00 bits per heavy atom. The smallest absolute Gasteiger partial charge is 0.246 e. The first-order chi connectivity index (χ1) is 9.06. The van der Waals surface area contributed by atoms with Crippen LogP contribution >= 0.6 is 11.6 Å². The average molecular weight is 284 g/mol. The van der Waals surface area contributed by atoms with Gasteiger partial charge >= 0.3 is 0 Å². The van der Waals surface area contributed by atoms with Gasteiger partial charge in [0, 0.05) is 19.2 Å². The molecular formula is C14H15ClFNO2. The molecule has 0 radical (unpaired) electrons. The zero-order valence-electron chi connectivity index (χ0n) is 10.4. The molecule has 2 rings (SSSR count). The number of amides is 1. The molecular weight excluding hydrogens is 269 g/mol. The number of nitrogens with zero attached hydrogens (tertiary/aromatic N) is 1. The van der Waals surface area contributed by atoms with Gasteiger partial charge in [-0.15, -0.1) is 0 Å². The molecule has 5 heteroatoms. The van der Waals surface area contributed by atoms with Crippen LogP contribution < -0.4 is 0 Å². The Morgan fingerprint density at radius 1 is 1.53 bits per heavy atom. The molecule has 1 N–H and O–H groups in total. The van der Waals surface area contributed by atoms with E-state index >= 15 is 0 Å². The fourth-order valence-electron chi connectivity index (χ4n) is 2.04. The van der Waals surface area contributed by atoms with Crippen molar-refractivity contribution in [2.75, 3.05) is 13.1 Å². The second kappa shape index (κ2) is 6.17. The average Bonchev–Trinajstić information content (AvgIpc) is 2.40. The minimum atomic E-state index is -0.482. The van der Waals surface area contributed by atoms with E-state index in [1.807, 2.05) is 0 Å². The van der Waals surface area contributed by atoms with Gasteiger partial charge in [0.15, 0.2) is 0 Å². The standard InChI is InChI=1S/C14H15ClFNO2/c15-12-8-10(3-5-13(12)16)4-6-14(19)17-7-1-2-11(18)9-17/h3-6,8,11,18H,1-2,7,9H2/b6-4+. The first-order valence-electron chi connectivity index (χ1n) is 6.16. The summed E-state index contributed by atoms with van der Waals surface area (Å²) in [6.07, 6.45) is 4.12. The highest BCUT2D eigenvalue weighted by Crippen LogP contribution is 2.17. The van der Waals surface area contributed by atoms with E-state index in [1.54, 1.807) is 17.0 Å². The van der Waals surface area contributed by atoms with Gasteiger partial charge in [0.05, 0.1) is 11.1 Å². The topological polar surface area (TPSA) is 40.5 Å². The highest BCUT2D eigenvalue weighted by atomic mass is 35.5. The van der Waals surface area contributed by atoms with Gasteiger partial charge in [0.1, 0.15) is 5.82 Å².